The van der Waals surface area contributed by atoms with Crippen LogP contribution in [0.25, 0.3) is 0 Å². The first-order chi connectivity index (χ1) is 8.35. The summed E-state index contributed by atoms with van der Waals surface area (Å²) in [6.07, 6.45) is 1.69. The number of hydrogen-bond acceptors (Lipinski definition) is 3. The first kappa shape index (κ1) is 12.9. The molecule has 1 aliphatic carbocycles. The molecule has 0 bridgehead atoms. The largest absolute Gasteiger partial charge is 0.383 e. The van der Waals surface area contributed by atoms with E-state index in [0.29, 0.717) is 6.42 Å². The number of halogens is 2. The van der Waals surface area contributed by atoms with E-state index < -0.39 is 17.4 Å². The van der Waals surface area contributed by atoms with Crippen molar-refractivity contribution in [2.24, 2.45) is 0 Å². The minimum absolute atomic E-state index is 0.0560. The molecule has 2 N–H and O–H groups in total. The molecule has 1 saturated carbocycles. The summed E-state index contributed by atoms with van der Waals surface area (Å²) in [5, 5.41) is 11.7. The molecule has 1 amide bonds. The van der Waals surface area contributed by atoms with Crippen molar-refractivity contribution in [2.75, 3.05) is 5.32 Å². The number of alkyl halides is 2. The van der Waals surface area contributed by atoms with Crippen LogP contribution in [0.3, 0.4) is 0 Å². The van der Waals surface area contributed by atoms with E-state index in [1.54, 1.807) is 13.0 Å². The third-order valence-electron chi connectivity index (χ3n) is 3.22. The van der Waals surface area contributed by atoms with Crippen LogP contribution in [0.5, 0.6) is 0 Å². The fourth-order valence-corrected chi connectivity index (χ4v) is 1.79. The maximum atomic E-state index is 13.7. The Morgan fingerprint density at radius 3 is 2.61 bits per heavy atom. The zero-order valence-electron chi connectivity index (χ0n) is 9.91. The first-order valence-electron chi connectivity index (χ1n) is 5.69. The van der Waals surface area contributed by atoms with Crippen molar-refractivity contribution >= 4 is 11.6 Å². The van der Waals surface area contributed by atoms with Gasteiger partial charge in [-0.2, -0.15) is 8.78 Å². The summed E-state index contributed by atoms with van der Waals surface area (Å²) >= 11 is 0. The van der Waals surface area contributed by atoms with Gasteiger partial charge in [0.05, 0.1) is 11.9 Å². The molecule has 98 valence electrons. The third-order valence-corrected chi connectivity index (χ3v) is 3.22. The molecule has 1 aromatic heterocycles. The molecule has 1 aromatic rings. The summed E-state index contributed by atoms with van der Waals surface area (Å²) in [6.45, 7) is 1.75. The van der Waals surface area contributed by atoms with Crippen LogP contribution in [0, 0.1) is 6.92 Å². The second-order valence-corrected chi connectivity index (χ2v) is 4.60. The Balaban J connectivity index is 2.09. The number of rotatable bonds is 3. The van der Waals surface area contributed by atoms with Crippen LogP contribution in [0.1, 0.15) is 25.0 Å². The number of nitrogens with zero attached hydrogens (tertiary/aromatic N) is 1. The van der Waals surface area contributed by atoms with Crippen molar-refractivity contribution in [1.82, 2.24) is 4.98 Å². The van der Waals surface area contributed by atoms with E-state index in [1.165, 1.54) is 12.3 Å². The molecular weight excluding hydrogens is 242 g/mol. The Bertz CT molecular complexity index is 456. The Labute approximate surface area is 103 Å². The lowest BCUT2D eigenvalue weighted by Crippen LogP contribution is -2.59. The van der Waals surface area contributed by atoms with Gasteiger partial charge in [-0.3, -0.25) is 9.78 Å². The average Bonchev–Trinajstić information content (AvgIpc) is 2.28. The van der Waals surface area contributed by atoms with E-state index in [0.717, 1.165) is 5.69 Å². The van der Waals surface area contributed by atoms with Crippen molar-refractivity contribution in [3.63, 3.8) is 0 Å². The number of aliphatic hydroxyl groups is 1. The number of nitrogens with one attached hydrogen (secondary N) is 1. The average molecular weight is 256 g/mol. The molecule has 0 radical (unpaired) electrons. The first-order valence-corrected chi connectivity index (χ1v) is 5.69. The van der Waals surface area contributed by atoms with Gasteiger partial charge in [0.15, 0.2) is 0 Å². The van der Waals surface area contributed by atoms with Crippen LogP contribution in [0.15, 0.2) is 18.3 Å². The molecule has 1 heterocycles. The van der Waals surface area contributed by atoms with Crippen molar-refractivity contribution in [3.8, 4) is 0 Å². The van der Waals surface area contributed by atoms with Gasteiger partial charge in [0.25, 0.3) is 5.91 Å². The predicted molar refractivity (Wildman–Crippen MR) is 61.4 cm³/mol. The molecule has 18 heavy (non-hydrogen) atoms. The summed E-state index contributed by atoms with van der Waals surface area (Å²) in [5.74, 6) is -5.27. The minimum Gasteiger partial charge on any atom is -0.383 e. The molecule has 6 heteroatoms. The van der Waals surface area contributed by atoms with E-state index in [9.17, 15) is 18.7 Å². The third kappa shape index (κ3) is 2.08. The highest BCUT2D eigenvalue weighted by Crippen LogP contribution is 2.44. The number of aromatic nitrogens is 1. The fourth-order valence-electron chi connectivity index (χ4n) is 1.79. The number of anilines is 1. The molecular formula is C12H14F2N2O2. The Hall–Kier alpha value is -1.56. The SMILES string of the molecule is Cc1ccc(NC(=O)C(F)(F)C2(O)CCC2)cn1. The van der Waals surface area contributed by atoms with Gasteiger partial charge in [0.1, 0.15) is 5.60 Å². The van der Waals surface area contributed by atoms with Crippen LogP contribution >= 0.6 is 0 Å². The number of amides is 1. The van der Waals surface area contributed by atoms with Gasteiger partial charge in [0, 0.05) is 5.69 Å². The molecule has 1 aliphatic rings. The zero-order valence-corrected chi connectivity index (χ0v) is 9.91. The molecule has 0 spiro atoms. The van der Waals surface area contributed by atoms with Gasteiger partial charge in [-0.05, 0) is 38.3 Å². The number of carbonyl (C=O) groups is 1. The Morgan fingerprint density at radius 2 is 2.17 bits per heavy atom. The van der Waals surface area contributed by atoms with Gasteiger partial charge < -0.3 is 10.4 Å². The van der Waals surface area contributed by atoms with Gasteiger partial charge in [0.2, 0.25) is 0 Å². The summed E-state index contributed by atoms with van der Waals surface area (Å²) in [5.41, 5.74) is -1.29. The van der Waals surface area contributed by atoms with Crippen LogP contribution in [0.2, 0.25) is 0 Å². The highest BCUT2D eigenvalue weighted by atomic mass is 19.3. The van der Waals surface area contributed by atoms with Crippen molar-refractivity contribution in [2.45, 2.75) is 37.7 Å². The zero-order chi connectivity index (χ0) is 13.4. The summed E-state index contributed by atoms with van der Waals surface area (Å²) in [7, 11) is 0. The second kappa shape index (κ2) is 4.28. The summed E-state index contributed by atoms with van der Waals surface area (Å²) < 4.78 is 27.5. The number of aryl methyl sites for hydroxylation is 1. The predicted octanol–water partition coefficient (Wildman–Crippen LogP) is 1.88. The topological polar surface area (TPSA) is 62.2 Å². The van der Waals surface area contributed by atoms with Crippen LogP contribution < -0.4 is 5.32 Å². The molecule has 0 atom stereocenters. The molecule has 0 aliphatic heterocycles. The van der Waals surface area contributed by atoms with E-state index in [2.05, 4.69) is 10.3 Å². The normalized spacial score (nSPS) is 18.0. The molecule has 0 saturated heterocycles. The van der Waals surface area contributed by atoms with Crippen LogP contribution in [-0.2, 0) is 4.79 Å². The van der Waals surface area contributed by atoms with Crippen molar-refractivity contribution < 1.29 is 18.7 Å². The molecule has 0 unspecified atom stereocenters. The lowest BCUT2D eigenvalue weighted by Gasteiger charge is -2.41. The smallest absolute Gasteiger partial charge is 0.352 e. The number of carbonyl (C=O) groups excluding carboxylic acids is 1. The highest BCUT2D eigenvalue weighted by Gasteiger charge is 2.61. The van der Waals surface area contributed by atoms with Gasteiger partial charge >= 0.3 is 5.92 Å². The number of hydrogen-bond donors (Lipinski definition) is 2. The van der Waals surface area contributed by atoms with Crippen LogP contribution in [0.4, 0.5) is 14.5 Å². The molecule has 1 fully saturated rings. The quantitative estimate of drug-likeness (QED) is 0.868. The molecule has 0 aromatic carbocycles. The van der Waals surface area contributed by atoms with E-state index in [4.69, 9.17) is 0 Å². The summed E-state index contributed by atoms with van der Waals surface area (Å²) in [6, 6.07) is 3.09. The van der Waals surface area contributed by atoms with E-state index >= 15 is 0 Å². The van der Waals surface area contributed by atoms with Gasteiger partial charge in [-0.25, -0.2) is 0 Å². The monoisotopic (exact) mass is 256 g/mol. The lowest BCUT2D eigenvalue weighted by atomic mass is 9.75. The maximum absolute atomic E-state index is 13.7. The van der Waals surface area contributed by atoms with Gasteiger partial charge in [-0.15, -0.1) is 0 Å². The van der Waals surface area contributed by atoms with E-state index in [1.807, 2.05) is 0 Å². The Kier molecular flexibility index (Phi) is 3.06. The van der Waals surface area contributed by atoms with E-state index in [-0.39, 0.29) is 18.5 Å². The lowest BCUT2D eigenvalue weighted by molar-refractivity contribution is -0.212. The van der Waals surface area contributed by atoms with Crippen LogP contribution in [-0.4, -0.2) is 27.5 Å². The summed E-state index contributed by atoms with van der Waals surface area (Å²) in [4.78, 5) is 15.4. The second-order valence-electron chi connectivity index (χ2n) is 4.60. The number of pyridine rings is 1. The molecule has 2 rings (SSSR count). The maximum Gasteiger partial charge on any atom is 0.352 e. The molecule has 4 nitrogen and oxygen atoms in total. The highest BCUT2D eigenvalue weighted by molar-refractivity contribution is 5.97. The fraction of sp³-hybridized carbons (Fsp3) is 0.500. The van der Waals surface area contributed by atoms with Crippen molar-refractivity contribution in [1.29, 1.82) is 0 Å². The van der Waals surface area contributed by atoms with Crippen molar-refractivity contribution in [3.05, 3.63) is 24.0 Å². The standard InChI is InChI=1S/C12H14F2N2O2/c1-8-3-4-9(7-15-8)16-10(17)12(13,14)11(18)5-2-6-11/h3-4,7,18H,2,5-6H2,1H3,(H,16,17). The Morgan fingerprint density at radius 1 is 1.50 bits per heavy atom. The van der Waals surface area contributed by atoms with Gasteiger partial charge in [-0.1, -0.05) is 0 Å². The minimum atomic E-state index is -3.78.